The van der Waals surface area contributed by atoms with Crippen LogP contribution in [0.1, 0.15) is 39.0 Å². The second-order valence-electron chi connectivity index (χ2n) is 5.95. The molecule has 0 spiro atoms. The molecule has 2 aliphatic rings. The van der Waals surface area contributed by atoms with Gasteiger partial charge in [0.25, 0.3) is 0 Å². The highest BCUT2D eigenvalue weighted by Crippen LogP contribution is 2.48. The van der Waals surface area contributed by atoms with E-state index < -0.39 is 12.1 Å². The van der Waals surface area contributed by atoms with E-state index in [1.807, 2.05) is 0 Å². The third-order valence-electron chi connectivity index (χ3n) is 4.18. The molecule has 2 N–H and O–H groups in total. The number of urea groups is 1. The van der Waals surface area contributed by atoms with Crippen molar-refractivity contribution in [2.75, 3.05) is 26.2 Å². The number of carboxylic acids is 1. The van der Waals surface area contributed by atoms with Gasteiger partial charge in [0.2, 0.25) is 0 Å². The zero-order valence-corrected chi connectivity index (χ0v) is 12.1. The second-order valence-corrected chi connectivity index (χ2v) is 5.95. The van der Waals surface area contributed by atoms with Crippen molar-refractivity contribution in [2.45, 2.75) is 45.1 Å². The average molecular weight is 284 g/mol. The van der Waals surface area contributed by atoms with Gasteiger partial charge in [-0.2, -0.15) is 0 Å². The third-order valence-corrected chi connectivity index (χ3v) is 4.18. The molecule has 0 aromatic rings. The molecule has 20 heavy (non-hydrogen) atoms. The standard InChI is InChI=1S/C14H24N2O4/c1-2-3-14(4-5-14)10-15-13(19)16-6-7-20-11(9-16)8-12(17)18/h11H,2-10H2,1H3,(H,15,19)(H,17,18). The maximum absolute atomic E-state index is 12.1. The normalized spacial score (nSPS) is 24.2. The van der Waals surface area contributed by atoms with E-state index in [0.29, 0.717) is 25.1 Å². The Morgan fingerprint density at radius 3 is 2.80 bits per heavy atom. The highest BCUT2D eigenvalue weighted by atomic mass is 16.5. The Balaban J connectivity index is 1.75. The fraction of sp³-hybridized carbons (Fsp3) is 0.857. The van der Waals surface area contributed by atoms with Gasteiger partial charge in [0, 0.05) is 19.6 Å². The Morgan fingerprint density at radius 2 is 2.20 bits per heavy atom. The van der Waals surface area contributed by atoms with Crippen molar-refractivity contribution in [3.05, 3.63) is 0 Å². The van der Waals surface area contributed by atoms with Gasteiger partial charge in [-0.25, -0.2) is 4.79 Å². The van der Waals surface area contributed by atoms with Gasteiger partial charge < -0.3 is 20.1 Å². The molecule has 1 saturated carbocycles. The molecule has 2 fully saturated rings. The maximum atomic E-state index is 12.1. The van der Waals surface area contributed by atoms with E-state index in [0.717, 1.165) is 19.4 Å². The number of rotatable bonds is 6. The molecule has 2 amide bonds. The molecular formula is C14H24N2O4. The molecule has 1 aliphatic heterocycles. The molecule has 0 radical (unpaired) electrons. The third kappa shape index (κ3) is 4.10. The molecule has 0 aromatic heterocycles. The number of nitrogens with one attached hydrogen (secondary N) is 1. The lowest BCUT2D eigenvalue weighted by Crippen LogP contribution is -2.50. The molecule has 6 heteroatoms. The number of ether oxygens (including phenoxy) is 1. The predicted molar refractivity (Wildman–Crippen MR) is 73.5 cm³/mol. The minimum Gasteiger partial charge on any atom is -0.481 e. The molecular weight excluding hydrogens is 260 g/mol. The van der Waals surface area contributed by atoms with Gasteiger partial charge in [0.1, 0.15) is 0 Å². The Kier molecular flexibility index (Phi) is 4.86. The van der Waals surface area contributed by atoms with E-state index in [-0.39, 0.29) is 12.5 Å². The molecule has 114 valence electrons. The van der Waals surface area contributed by atoms with Crippen LogP contribution in [0, 0.1) is 5.41 Å². The quantitative estimate of drug-likeness (QED) is 0.774. The SMILES string of the molecule is CCCC1(CNC(=O)N2CCOC(CC(=O)O)C2)CC1. The van der Waals surface area contributed by atoms with Crippen molar-refractivity contribution < 1.29 is 19.4 Å². The highest BCUT2D eigenvalue weighted by molar-refractivity contribution is 5.74. The number of aliphatic carboxylic acids is 1. The van der Waals surface area contributed by atoms with Crippen molar-refractivity contribution in [2.24, 2.45) is 5.41 Å². The zero-order chi connectivity index (χ0) is 14.6. The lowest BCUT2D eigenvalue weighted by atomic mass is 10.0. The molecule has 1 atom stereocenters. The Hall–Kier alpha value is -1.30. The molecule has 1 heterocycles. The monoisotopic (exact) mass is 284 g/mol. The van der Waals surface area contributed by atoms with Gasteiger partial charge >= 0.3 is 12.0 Å². The summed E-state index contributed by atoms with van der Waals surface area (Å²) in [6.45, 7) is 4.20. The number of morpholine rings is 1. The number of carbonyl (C=O) groups excluding carboxylic acids is 1. The number of hydrogen-bond acceptors (Lipinski definition) is 3. The van der Waals surface area contributed by atoms with E-state index >= 15 is 0 Å². The Labute approximate surface area is 119 Å². The molecule has 1 saturated heterocycles. The van der Waals surface area contributed by atoms with Crippen LogP contribution in [0.15, 0.2) is 0 Å². The maximum Gasteiger partial charge on any atom is 0.317 e. The van der Waals surface area contributed by atoms with Crippen LogP contribution in [0.2, 0.25) is 0 Å². The first kappa shape index (κ1) is 15.1. The molecule has 1 aliphatic carbocycles. The first-order valence-electron chi connectivity index (χ1n) is 7.41. The summed E-state index contributed by atoms with van der Waals surface area (Å²) in [6.07, 6.45) is 4.27. The molecule has 0 aromatic carbocycles. The fourth-order valence-corrected chi connectivity index (χ4v) is 2.82. The first-order chi connectivity index (χ1) is 9.54. The minimum atomic E-state index is -0.892. The number of hydrogen-bond donors (Lipinski definition) is 2. The van der Waals surface area contributed by atoms with Gasteiger partial charge in [0.05, 0.1) is 19.1 Å². The molecule has 1 unspecified atom stereocenters. The van der Waals surface area contributed by atoms with Gasteiger partial charge in [0.15, 0.2) is 0 Å². The smallest absolute Gasteiger partial charge is 0.317 e. The molecule has 2 rings (SSSR count). The van der Waals surface area contributed by atoms with Gasteiger partial charge in [-0.05, 0) is 24.7 Å². The van der Waals surface area contributed by atoms with E-state index in [4.69, 9.17) is 9.84 Å². The number of nitrogens with zero attached hydrogens (tertiary/aromatic N) is 1. The number of amides is 2. The highest BCUT2D eigenvalue weighted by Gasteiger charge is 2.41. The summed E-state index contributed by atoms with van der Waals surface area (Å²) in [5.74, 6) is -0.892. The van der Waals surface area contributed by atoms with Crippen LogP contribution in [0.3, 0.4) is 0 Å². The Bertz CT molecular complexity index is 368. The molecule has 0 bridgehead atoms. The van der Waals surface area contributed by atoms with Crippen LogP contribution in [0.25, 0.3) is 0 Å². The second kappa shape index (κ2) is 6.43. The van der Waals surface area contributed by atoms with Crippen LogP contribution >= 0.6 is 0 Å². The minimum absolute atomic E-state index is 0.0520. The Morgan fingerprint density at radius 1 is 1.45 bits per heavy atom. The van der Waals surface area contributed by atoms with Crippen LogP contribution < -0.4 is 5.32 Å². The van der Waals surface area contributed by atoms with Gasteiger partial charge in [-0.3, -0.25) is 4.79 Å². The largest absolute Gasteiger partial charge is 0.481 e. The van der Waals surface area contributed by atoms with Crippen molar-refractivity contribution in [1.29, 1.82) is 0 Å². The van der Waals surface area contributed by atoms with Crippen molar-refractivity contribution in [3.63, 3.8) is 0 Å². The van der Waals surface area contributed by atoms with Crippen molar-refractivity contribution in [1.82, 2.24) is 10.2 Å². The lowest BCUT2D eigenvalue weighted by molar-refractivity contribution is -0.141. The topological polar surface area (TPSA) is 78.9 Å². The van der Waals surface area contributed by atoms with E-state index in [1.54, 1.807) is 4.90 Å². The number of carboxylic acid groups (broad SMARTS) is 1. The summed E-state index contributed by atoms with van der Waals surface area (Å²) in [6, 6.07) is -0.0916. The summed E-state index contributed by atoms with van der Waals surface area (Å²) in [7, 11) is 0. The molecule has 6 nitrogen and oxygen atoms in total. The summed E-state index contributed by atoms with van der Waals surface area (Å²) < 4.78 is 5.36. The van der Waals surface area contributed by atoms with Crippen LogP contribution in [0.5, 0.6) is 0 Å². The summed E-state index contributed by atoms with van der Waals surface area (Å²) >= 11 is 0. The zero-order valence-electron chi connectivity index (χ0n) is 12.1. The summed E-state index contributed by atoms with van der Waals surface area (Å²) in [5.41, 5.74) is 0.331. The lowest BCUT2D eigenvalue weighted by Gasteiger charge is -2.32. The average Bonchev–Trinajstić information content (AvgIpc) is 3.16. The van der Waals surface area contributed by atoms with Crippen molar-refractivity contribution >= 4 is 12.0 Å². The first-order valence-corrected chi connectivity index (χ1v) is 7.41. The number of carbonyl (C=O) groups is 2. The van der Waals surface area contributed by atoms with Crippen LogP contribution in [-0.2, 0) is 9.53 Å². The van der Waals surface area contributed by atoms with Gasteiger partial charge in [-0.15, -0.1) is 0 Å². The fourth-order valence-electron chi connectivity index (χ4n) is 2.82. The van der Waals surface area contributed by atoms with E-state index in [1.165, 1.54) is 12.8 Å². The van der Waals surface area contributed by atoms with E-state index in [9.17, 15) is 9.59 Å². The van der Waals surface area contributed by atoms with Crippen LogP contribution in [0.4, 0.5) is 4.79 Å². The van der Waals surface area contributed by atoms with Gasteiger partial charge in [-0.1, -0.05) is 13.3 Å². The van der Waals surface area contributed by atoms with Crippen molar-refractivity contribution in [3.8, 4) is 0 Å². The summed E-state index contributed by atoms with van der Waals surface area (Å²) in [4.78, 5) is 24.5. The summed E-state index contributed by atoms with van der Waals surface area (Å²) in [5, 5.41) is 11.8. The predicted octanol–water partition coefficient (Wildman–Crippen LogP) is 1.45. The van der Waals surface area contributed by atoms with E-state index in [2.05, 4.69) is 12.2 Å². The van der Waals surface area contributed by atoms with Crippen LogP contribution in [-0.4, -0.2) is 54.4 Å².